The van der Waals surface area contributed by atoms with E-state index in [0.29, 0.717) is 0 Å². The molecule has 11 heavy (non-hydrogen) atoms. The van der Waals surface area contributed by atoms with Gasteiger partial charge < -0.3 is 5.73 Å². The zero-order valence-electron chi connectivity index (χ0n) is 6.99. The molecule has 0 unspecified atom stereocenters. The summed E-state index contributed by atoms with van der Waals surface area (Å²) in [5.41, 5.74) is 6.22. The van der Waals surface area contributed by atoms with E-state index in [4.69, 9.17) is 5.73 Å². The first-order chi connectivity index (χ1) is 5.31. The fraction of sp³-hybridized carbons (Fsp3) is 0.222. The molecule has 0 aromatic heterocycles. The second-order valence-electron chi connectivity index (χ2n) is 2.05. The van der Waals surface area contributed by atoms with E-state index in [1.165, 1.54) is 11.9 Å². The minimum absolute atomic E-state index is 1.19. The predicted octanol–water partition coefficient (Wildman–Crippen LogP) is 2.01. The molecule has 0 spiro atoms. The summed E-state index contributed by atoms with van der Waals surface area (Å²) in [6.07, 6.45) is 10.7. The number of nitrogens with zero attached hydrogens (tertiary/aromatic N) is 1. The van der Waals surface area contributed by atoms with Gasteiger partial charge in [-0.1, -0.05) is 23.8 Å². The van der Waals surface area contributed by atoms with Crippen molar-refractivity contribution in [3.05, 3.63) is 36.1 Å². The topological polar surface area (TPSA) is 38.4 Å². The lowest BCUT2D eigenvalue weighted by molar-refractivity contribution is 1.48. The number of nitrogens with two attached hydrogens (primary N) is 1. The Balaban J connectivity index is 3.90. The minimum Gasteiger partial charge on any atom is -0.390 e. The molecule has 0 amide bonds. The second-order valence-corrected chi connectivity index (χ2v) is 2.05. The highest BCUT2D eigenvalue weighted by molar-refractivity contribution is 5.52. The molecule has 0 heterocycles. The zero-order valence-corrected chi connectivity index (χ0v) is 6.99. The minimum atomic E-state index is 1.19. The highest BCUT2D eigenvalue weighted by atomic mass is 14.8. The lowest BCUT2D eigenvalue weighted by atomic mass is 10.2. The first-order valence-electron chi connectivity index (χ1n) is 3.50. The van der Waals surface area contributed by atoms with Crippen LogP contribution < -0.4 is 5.73 Å². The van der Waals surface area contributed by atoms with Gasteiger partial charge in [-0.2, -0.15) is 0 Å². The SMILES string of the molecule is C\C=C/C(C)=C\C=C\N=CN. The number of hydrogen-bond acceptors (Lipinski definition) is 1. The molecular weight excluding hydrogens is 136 g/mol. The van der Waals surface area contributed by atoms with Crippen molar-refractivity contribution in [2.24, 2.45) is 10.7 Å². The van der Waals surface area contributed by atoms with Gasteiger partial charge in [-0.05, 0) is 19.9 Å². The zero-order chi connectivity index (χ0) is 8.53. The molecule has 2 nitrogen and oxygen atoms in total. The van der Waals surface area contributed by atoms with Crippen LogP contribution in [-0.2, 0) is 0 Å². The van der Waals surface area contributed by atoms with E-state index in [0.717, 1.165) is 0 Å². The van der Waals surface area contributed by atoms with Gasteiger partial charge in [0.25, 0.3) is 0 Å². The van der Waals surface area contributed by atoms with Crippen molar-refractivity contribution in [1.82, 2.24) is 0 Å². The van der Waals surface area contributed by atoms with Crippen LogP contribution in [0.3, 0.4) is 0 Å². The average Bonchev–Trinajstić information content (AvgIpc) is 1.99. The van der Waals surface area contributed by atoms with E-state index >= 15 is 0 Å². The molecule has 60 valence electrons. The third kappa shape index (κ3) is 6.58. The average molecular weight is 150 g/mol. The number of allylic oxidation sites excluding steroid dienone is 5. The van der Waals surface area contributed by atoms with Gasteiger partial charge >= 0.3 is 0 Å². The largest absolute Gasteiger partial charge is 0.390 e. The fourth-order valence-corrected chi connectivity index (χ4v) is 0.613. The molecule has 0 aromatic rings. The molecule has 0 radical (unpaired) electrons. The van der Waals surface area contributed by atoms with Gasteiger partial charge in [0, 0.05) is 6.20 Å². The van der Waals surface area contributed by atoms with Crippen molar-refractivity contribution in [3.8, 4) is 0 Å². The molecule has 0 aliphatic rings. The standard InChI is InChI=1S/C9H14N2/c1-3-5-9(2)6-4-7-11-8-10/h3-8H,1-2H3,(H2,10,11)/b5-3-,7-4+,9-6-. The van der Waals surface area contributed by atoms with Gasteiger partial charge in [-0.15, -0.1) is 0 Å². The van der Waals surface area contributed by atoms with Crippen LogP contribution in [0.2, 0.25) is 0 Å². The molecule has 0 rings (SSSR count). The molecule has 0 aliphatic heterocycles. The first kappa shape index (κ1) is 9.69. The van der Waals surface area contributed by atoms with Gasteiger partial charge in [-0.3, -0.25) is 0 Å². The Labute approximate surface area is 67.8 Å². The summed E-state index contributed by atoms with van der Waals surface area (Å²) in [5, 5.41) is 0. The van der Waals surface area contributed by atoms with E-state index in [1.54, 1.807) is 6.20 Å². The van der Waals surface area contributed by atoms with Crippen LogP contribution in [0.4, 0.5) is 0 Å². The van der Waals surface area contributed by atoms with Crippen LogP contribution in [0.25, 0.3) is 0 Å². The Kier molecular flexibility index (Phi) is 5.99. The van der Waals surface area contributed by atoms with Gasteiger partial charge in [0.1, 0.15) is 0 Å². The van der Waals surface area contributed by atoms with Crippen molar-refractivity contribution >= 4 is 6.34 Å². The van der Waals surface area contributed by atoms with E-state index in [1.807, 2.05) is 38.2 Å². The Morgan fingerprint density at radius 2 is 2.18 bits per heavy atom. The molecule has 0 saturated heterocycles. The van der Waals surface area contributed by atoms with Crippen LogP contribution in [0.15, 0.2) is 41.1 Å². The predicted molar refractivity (Wildman–Crippen MR) is 50.4 cm³/mol. The van der Waals surface area contributed by atoms with E-state index in [-0.39, 0.29) is 0 Å². The number of hydrogen-bond donors (Lipinski definition) is 1. The van der Waals surface area contributed by atoms with Gasteiger partial charge in [0.05, 0.1) is 6.34 Å². The van der Waals surface area contributed by atoms with Crippen molar-refractivity contribution < 1.29 is 0 Å². The van der Waals surface area contributed by atoms with Crippen molar-refractivity contribution in [3.63, 3.8) is 0 Å². The molecular formula is C9H14N2. The molecule has 0 aliphatic carbocycles. The van der Waals surface area contributed by atoms with Crippen molar-refractivity contribution in [2.75, 3.05) is 0 Å². The molecule has 0 bridgehead atoms. The Morgan fingerprint density at radius 1 is 1.45 bits per heavy atom. The highest BCUT2D eigenvalue weighted by Crippen LogP contribution is 1.94. The summed E-state index contributed by atoms with van der Waals surface area (Å²) in [6.45, 7) is 4.01. The third-order valence-corrected chi connectivity index (χ3v) is 1.05. The molecule has 0 aromatic carbocycles. The fourth-order valence-electron chi connectivity index (χ4n) is 0.613. The summed E-state index contributed by atoms with van der Waals surface area (Å²) in [7, 11) is 0. The normalized spacial score (nSPS) is 14.2. The molecule has 2 N–H and O–H groups in total. The summed E-state index contributed by atoms with van der Waals surface area (Å²) in [5.74, 6) is 0. The molecule has 2 heteroatoms. The summed E-state index contributed by atoms with van der Waals surface area (Å²) >= 11 is 0. The quantitative estimate of drug-likeness (QED) is 0.373. The second kappa shape index (κ2) is 6.81. The van der Waals surface area contributed by atoms with Gasteiger partial charge in [0.15, 0.2) is 0 Å². The lowest BCUT2D eigenvalue weighted by Gasteiger charge is -1.84. The molecule has 0 fully saturated rings. The maximum atomic E-state index is 5.03. The maximum absolute atomic E-state index is 5.03. The Morgan fingerprint density at radius 3 is 2.73 bits per heavy atom. The van der Waals surface area contributed by atoms with Crippen LogP contribution in [0.5, 0.6) is 0 Å². The number of aliphatic imine (C=N–C) groups is 1. The summed E-state index contributed by atoms with van der Waals surface area (Å²) in [6, 6.07) is 0. The Hall–Kier alpha value is -1.31. The van der Waals surface area contributed by atoms with Crippen LogP contribution in [-0.4, -0.2) is 6.34 Å². The molecule has 0 saturated carbocycles. The molecule has 0 atom stereocenters. The van der Waals surface area contributed by atoms with E-state index in [9.17, 15) is 0 Å². The first-order valence-corrected chi connectivity index (χ1v) is 3.50. The van der Waals surface area contributed by atoms with Crippen LogP contribution in [0.1, 0.15) is 13.8 Å². The van der Waals surface area contributed by atoms with Crippen molar-refractivity contribution in [2.45, 2.75) is 13.8 Å². The lowest BCUT2D eigenvalue weighted by Crippen LogP contribution is -1.84. The highest BCUT2D eigenvalue weighted by Gasteiger charge is 1.73. The maximum Gasteiger partial charge on any atom is 0.0852 e. The monoisotopic (exact) mass is 150 g/mol. The summed E-state index contributed by atoms with van der Waals surface area (Å²) in [4.78, 5) is 3.71. The van der Waals surface area contributed by atoms with E-state index in [2.05, 4.69) is 4.99 Å². The van der Waals surface area contributed by atoms with Crippen molar-refractivity contribution in [1.29, 1.82) is 0 Å². The Bertz CT molecular complexity index is 198. The van der Waals surface area contributed by atoms with E-state index < -0.39 is 0 Å². The van der Waals surface area contributed by atoms with Gasteiger partial charge in [-0.25, -0.2) is 4.99 Å². The summed E-state index contributed by atoms with van der Waals surface area (Å²) < 4.78 is 0. The van der Waals surface area contributed by atoms with Gasteiger partial charge in [0.2, 0.25) is 0 Å². The van der Waals surface area contributed by atoms with Crippen LogP contribution in [0, 0.1) is 0 Å². The number of rotatable bonds is 3. The smallest absolute Gasteiger partial charge is 0.0852 e. The van der Waals surface area contributed by atoms with Crippen LogP contribution >= 0.6 is 0 Å². The third-order valence-electron chi connectivity index (χ3n) is 1.05.